The lowest BCUT2D eigenvalue weighted by molar-refractivity contribution is -0.137. The molecule has 80 valence electrons. The molecule has 0 amide bonds. The summed E-state index contributed by atoms with van der Waals surface area (Å²) in [6.45, 7) is 5.66. The second-order valence-corrected chi connectivity index (χ2v) is 2.57. The molecule has 1 aromatic carbocycles. The summed E-state index contributed by atoms with van der Waals surface area (Å²) in [6.07, 6.45) is -4.30. The standard InChI is InChI=1S/C8H8F3N.C2H6/c1-5-2-3-6(4-7(5)12)8(9,10)11;1-2/h2-4H,12H2,1H3;1-2H3. The molecule has 4 heteroatoms. The lowest BCUT2D eigenvalue weighted by Crippen LogP contribution is -2.05. The average molecular weight is 205 g/mol. The molecule has 0 radical (unpaired) electrons. The fourth-order valence-electron chi connectivity index (χ4n) is 0.817. The predicted molar refractivity (Wildman–Crippen MR) is 51.9 cm³/mol. The van der Waals surface area contributed by atoms with Gasteiger partial charge in [0.25, 0.3) is 0 Å². The Morgan fingerprint density at radius 3 is 2.00 bits per heavy atom. The summed E-state index contributed by atoms with van der Waals surface area (Å²) in [5, 5.41) is 0. The molecule has 0 aliphatic heterocycles. The van der Waals surface area contributed by atoms with Crippen LogP contribution in [0.15, 0.2) is 18.2 Å². The minimum absolute atomic E-state index is 0.171. The van der Waals surface area contributed by atoms with Gasteiger partial charge >= 0.3 is 6.18 Å². The van der Waals surface area contributed by atoms with Gasteiger partial charge in [0.05, 0.1) is 5.56 Å². The van der Waals surface area contributed by atoms with Crippen molar-refractivity contribution in [1.82, 2.24) is 0 Å². The highest BCUT2D eigenvalue weighted by Crippen LogP contribution is 2.30. The van der Waals surface area contributed by atoms with Crippen LogP contribution in [0.2, 0.25) is 0 Å². The summed E-state index contributed by atoms with van der Waals surface area (Å²) in [6, 6.07) is 3.32. The lowest BCUT2D eigenvalue weighted by Gasteiger charge is -2.07. The maximum Gasteiger partial charge on any atom is 0.416 e. The highest BCUT2D eigenvalue weighted by Gasteiger charge is 2.30. The van der Waals surface area contributed by atoms with E-state index in [-0.39, 0.29) is 5.69 Å². The van der Waals surface area contributed by atoms with Crippen molar-refractivity contribution in [2.45, 2.75) is 26.9 Å². The van der Waals surface area contributed by atoms with Crippen molar-refractivity contribution >= 4 is 5.69 Å². The van der Waals surface area contributed by atoms with Crippen LogP contribution in [-0.4, -0.2) is 0 Å². The largest absolute Gasteiger partial charge is 0.416 e. The van der Waals surface area contributed by atoms with Crippen LogP contribution in [0.4, 0.5) is 18.9 Å². The normalized spacial score (nSPS) is 10.4. The van der Waals surface area contributed by atoms with E-state index in [0.29, 0.717) is 5.56 Å². The fraction of sp³-hybridized carbons (Fsp3) is 0.400. The minimum atomic E-state index is -4.30. The van der Waals surface area contributed by atoms with Crippen molar-refractivity contribution in [3.05, 3.63) is 29.3 Å². The quantitative estimate of drug-likeness (QED) is 0.643. The van der Waals surface area contributed by atoms with Gasteiger partial charge in [0.15, 0.2) is 0 Å². The van der Waals surface area contributed by atoms with Gasteiger partial charge in [-0.1, -0.05) is 19.9 Å². The van der Waals surface area contributed by atoms with E-state index in [4.69, 9.17) is 5.73 Å². The first-order chi connectivity index (χ1) is 6.41. The van der Waals surface area contributed by atoms with Crippen LogP contribution < -0.4 is 5.73 Å². The maximum absolute atomic E-state index is 12.0. The summed E-state index contributed by atoms with van der Waals surface area (Å²) in [5.41, 5.74) is 5.44. The zero-order valence-corrected chi connectivity index (χ0v) is 8.44. The number of aryl methyl sites for hydroxylation is 1. The maximum atomic E-state index is 12.0. The molecule has 0 spiro atoms. The van der Waals surface area contributed by atoms with E-state index in [1.807, 2.05) is 13.8 Å². The third-order valence-corrected chi connectivity index (χ3v) is 1.61. The molecule has 1 aromatic rings. The van der Waals surface area contributed by atoms with Crippen LogP contribution in [0.5, 0.6) is 0 Å². The van der Waals surface area contributed by atoms with E-state index < -0.39 is 11.7 Å². The van der Waals surface area contributed by atoms with Crippen LogP contribution in [0.3, 0.4) is 0 Å². The summed E-state index contributed by atoms with van der Waals surface area (Å²) < 4.78 is 36.1. The minimum Gasteiger partial charge on any atom is -0.399 e. The molecule has 0 saturated heterocycles. The van der Waals surface area contributed by atoms with Crippen molar-refractivity contribution in [2.75, 3.05) is 5.73 Å². The molecule has 0 heterocycles. The number of rotatable bonds is 0. The molecule has 0 aliphatic rings. The summed E-state index contributed by atoms with van der Waals surface area (Å²) in [4.78, 5) is 0. The highest BCUT2D eigenvalue weighted by atomic mass is 19.4. The first-order valence-corrected chi connectivity index (χ1v) is 4.34. The Morgan fingerprint density at radius 2 is 1.64 bits per heavy atom. The molecule has 0 bridgehead atoms. The summed E-state index contributed by atoms with van der Waals surface area (Å²) >= 11 is 0. The highest BCUT2D eigenvalue weighted by molar-refractivity contribution is 5.48. The van der Waals surface area contributed by atoms with Crippen LogP contribution in [0.1, 0.15) is 25.0 Å². The summed E-state index contributed by atoms with van der Waals surface area (Å²) in [5.74, 6) is 0. The van der Waals surface area contributed by atoms with E-state index in [1.165, 1.54) is 6.07 Å². The van der Waals surface area contributed by atoms with Crippen molar-refractivity contribution in [1.29, 1.82) is 0 Å². The molecule has 0 saturated carbocycles. The van der Waals surface area contributed by atoms with Gasteiger partial charge in [-0.2, -0.15) is 13.2 Å². The Labute approximate surface area is 81.7 Å². The average Bonchev–Trinajstić information content (AvgIpc) is 2.11. The van der Waals surface area contributed by atoms with Crippen LogP contribution in [0.25, 0.3) is 0 Å². The lowest BCUT2D eigenvalue weighted by atomic mass is 10.1. The van der Waals surface area contributed by atoms with Gasteiger partial charge in [-0.25, -0.2) is 0 Å². The van der Waals surface area contributed by atoms with Crippen molar-refractivity contribution < 1.29 is 13.2 Å². The molecule has 0 atom stereocenters. The zero-order valence-electron chi connectivity index (χ0n) is 8.44. The van der Waals surface area contributed by atoms with Gasteiger partial charge in [0.2, 0.25) is 0 Å². The first kappa shape index (κ1) is 12.8. The molecule has 0 fully saturated rings. The third-order valence-electron chi connectivity index (χ3n) is 1.61. The molecule has 0 unspecified atom stereocenters. The topological polar surface area (TPSA) is 26.0 Å². The molecule has 2 N–H and O–H groups in total. The smallest absolute Gasteiger partial charge is 0.399 e. The molecule has 1 nitrogen and oxygen atoms in total. The zero-order chi connectivity index (χ0) is 11.4. The van der Waals surface area contributed by atoms with Gasteiger partial charge in [-0.15, -0.1) is 0 Å². The molecule has 1 rings (SSSR count). The van der Waals surface area contributed by atoms with Gasteiger partial charge in [0.1, 0.15) is 0 Å². The summed E-state index contributed by atoms with van der Waals surface area (Å²) in [7, 11) is 0. The van der Waals surface area contributed by atoms with E-state index in [1.54, 1.807) is 6.92 Å². The van der Waals surface area contributed by atoms with Crippen molar-refractivity contribution in [3.8, 4) is 0 Å². The Hall–Kier alpha value is -1.19. The molecular formula is C10H14F3N. The number of nitrogens with two attached hydrogens (primary N) is 1. The number of benzene rings is 1. The van der Waals surface area contributed by atoms with Gasteiger partial charge in [-0.3, -0.25) is 0 Å². The fourth-order valence-corrected chi connectivity index (χ4v) is 0.817. The number of nitrogen functional groups attached to an aromatic ring is 1. The number of alkyl halides is 3. The first-order valence-electron chi connectivity index (χ1n) is 4.34. The van der Waals surface area contributed by atoms with E-state index in [2.05, 4.69) is 0 Å². The van der Waals surface area contributed by atoms with Gasteiger partial charge in [-0.05, 0) is 24.6 Å². The Balaban J connectivity index is 0.000000791. The number of halogens is 3. The monoisotopic (exact) mass is 205 g/mol. The Bertz CT molecular complexity index is 292. The second kappa shape index (κ2) is 4.88. The van der Waals surface area contributed by atoms with Crippen LogP contribution >= 0.6 is 0 Å². The van der Waals surface area contributed by atoms with E-state index >= 15 is 0 Å². The SMILES string of the molecule is CC.Cc1ccc(C(F)(F)F)cc1N. The van der Waals surface area contributed by atoms with E-state index in [9.17, 15) is 13.2 Å². The van der Waals surface area contributed by atoms with Gasteiger partial charge in [0, 0.05) is 5.69 Å². The molecular weight excluding hydrogens is 191 g/mol. The Kier molecular flexibility index (Phi) is 4.47. The van der Waals surface area contributed by atoms with Crippen LogP contribution in [-0.2, 0) is 6.18 Å². The Morgan fingerprint density at radius 1 is 1.14 bits per heavy atom. The number of hydrogen-bond acceptors (Lipinski definition) is 1. The van der Waals surface area contributed by atoms with Crippen LogP contribution in [0, 0.1) is 6.92 Å². The predicted octanol–water partition coefficient (Wildman–Crippen LogP) is 3.62. The van der Waals surface area contributed by atoms with Crippen molar-refractivity contribution in [3.63, 3.8) is 0 Å². The molecule has 0 aromatic heterocycles. The number of anilines is 1. The second-order valence-electron chi connectivity index (χ2n) is 2.57. The van der Waals surface area contributed by atoms with Gasteiger partial charge < -0.3 is 5.73 Å². The third kappa shape index (κ3) is 3.28. The number of hydrogen-bond donors (Lipinski definition) is 1. The van der Waals surface area contributed by atoms with Crippen molar-refractivity contribution in [2.24, 2.45) is 0 Å². The molecule has 14 heavy (non-hydrogen) atoms. The molecule has 0 aliphatic carbocycles. The van der Waals surface area contributed by atoms with E-state index in [0.717, 1.165) is 12.1 Å².